The van der Waals surface area contributed by atoms with Crippen LogP contribution in [0.3, 0.4) is 0 Å². The Kier molecular flexibility index (Phi) is 12.2. The third-order valence-electron chi connectivity index (χ3n) is 5.70. The molecule has 0 saturated heterocycles. The molecule has 0 heterocycles. The number of esters is 2. The fourth-order valence-corrected chi connectivity index (χ4v) is 3.30. The summed E-state index contributed by atoms with van der Waals surface area (Å²) in [5, 5.41) is 9.68. The van der Waals surface area contributed by atoms with Gasteiger partial charge in [0.2, 0.25) is 0 Å². The molecule has 10 nitrogen and oxygen atoms in total. The molecule has 1 aromatic carbocycles. The van der Waals surface area contributed by atoms with Gasteiger partial charge in [-0.3, -0.25) is 14.4 Å². The molecule has 1 rings (SSSR count). The standard InChI is InChI=1S/C28H43NO9/c1-9-10-11-14-35-26(34)36-16-17(2)21(22(29)23(30)31)18-12-13-19(37-24(32)27(3,4)5)20(15-18)38-25(33)28(6,7)8/h12-13,15,17,21-22H,9-11,14,16,29H2,1-8H3,(H,30,31)/t17?,21?,22-/m0/s1. The van der Waals surface area contributed by atoms with E-state index in [1.54, 1.807) is 54.5 Å². The van der Waals surface area contributed by atoms with E-state index in [0.717, 1.165) is 19.3 Å². The number of carbonyl (C=O) groups is 4. The van der Waals surface area contributed by atoms with Crippen LogP contribution < -0.4 is 15.2 Å². The van der Waals surface area contributed by atoms with E-state index in [-0.39, 0.29) is 24.7 Å². The lowest BCUT2D eigenvalue weighted by Gasteiger charge is -2.28. The highest BCUT2D eigenvalue weighted by Gasteiger charge is 2.34. The second-order valence-corrected chi connectivity index (χ2v) is 11.5. The van der Waals surface area contributed by atoms with Crippen molar-refractivity contribution in [3.05, 3.63) is 23.8 Å². The molecule has 0 spiro atoms. The van der Waals surface area contributed by atoms with Gasteiger partial charge in [0.05, 0.1) is 24.0 Å². The van der Waals surface area contributed by atoms with Gasteiger partial charge in [-0.2, -0.15) is 0 Å². The first-order valence-corrected chi connectivity index (χ1v) is 12.9. The van der Waals surface area contributed by atoms with Crippen LogP contribution in [0.2, 0.25) is 0 Å². The second kappa shape index (κ2) is 14.1. The fraction of sp³-hybridized carbons (Fsp3) is 0.643. The average molecular weight is 538 g/mol. The van der Waals surface area contributed by atoms with Gasteiger partial charge in [0.25, 0.3) is 0 Å². The Morgan fingerprint density at radius 3 is 1.95 bits per heavy atom. The third kappa shape index (κ3) is 10.3. The van der Waals surface area contributed by atoms with E-state index >= 15 is 0 Å². The van der Waals surface area contributed by atoms with Crippen molar-refractivity contribution >= 4 is 24.1 Å². The summed E-state index contributed by atoms with van der Waals surface area (Å²) in [5.74, 6) is -3.83. The lowest BCUT2D eigenvalue weighted by atomic mass is 9.82. The predicted molar refractivity (Wildman–Crippen MR) is 141 cm³/mol. The minimum Gasteiger partial charge on any atom is -0.480 e. The maximum Gasteiger partial charge on any atom is 0.508 e. The van der Waals surface area contributed by atoms with Crippen LogP contribution in [0.1, 0.15) is 86.1 Å². The largest absolute Gasteiger partial charge is 0.508 e. The van der Waals surface area contributed by atoms with Crippen molar-refractivity contribution < 1.29 is 43.2 Å². The number of carboxylic acids is 1. The number of hydrogen-bond acceptors (Lipinski definition) is 9. The van der Waals surface area contributed by atoms with E-state index < -0.39 is 52.8 Å². The number of nitrogens with two attached hydrogens (primary N) is 1. The summed E-state index contributed by atoms with van der Waals surface area (Å²) >= 11 is 0. The summed E-state index contributed by atoms with van der Waals surface area (Å²) in [6.07, 6.45) is 1.77. The van der Waals surface area contributed by atoms with Crippen molar-refractivity contribution in [2.75, 3.05) is 13.2 Å². The first-order valence-electron chi connectivity index (χ1n) is 12.9. The molecule has 0 amide bonds. The van der Waals surface area contributed by atoms with Crippen molar-refractivity contribution in [3.8, 4) is 11.5 Å². The number of carboxylic acid groups (broad SMARTS) is 1. The topological polar surface area (TPSA) is 151 Å². The minimum absolute atomic E-state index is 0.00785. The zero-order valence-corrected chi connectivity index (χ0v) is 23.8. The molecule has 10 heteroatoms. The quantitative estimate of drug-likeness (QED) is 0.210. The first kappa shape index (κ1) is 32.9. The Labute approximate surface area is 225 Å². The van der Waals surface area contributed by atoms with E-state index in [4.69, 9.17) is 24.7 Å². The van der Waals surface area contributed by atoms with Crippen LogP contribution in [0, 0.1) is 16.7 Å². The van der Waals surface area contributed by atoms with Gasteiger partial charge in [-0.15, -0.1) is 0 Å². The number of rotatable bonds is 12. The van der Waals surface area contributed by atoms with Crippen molar-refractivity contribution in [1.82, 2.24) is 0 Å². The van der Waals surface area contributed by atoms with Crippen molar-refractivity contribution in [1.29, 1.82) is 0 Å². The molecule has 0 aliphatic rings. The molecule has 0 aliphatic heterocycles. The highest BCUT2D eigenvalue weighted by atomic mass is 16.7. The summed E-state index contributed by atoms with van der Waals surface area (Å²) in [7, 11) is 0. The normalized spacial score (nSPS) is 14.1. The Morgan fingerprint density at radius 2 is 1.45 bits per heavy atom. The second-order valence-electron chi connectivity index (χ2n) is 11.5. The average Bonchev–Trinajstić information content (AvgIpc) is 2.80. The van der Waals surface area contributed by atoms with E-state index in [9.17, 15) is 24.3 Å². The van der Waals surface area contributed by atoms with E-state index in [1.165, 1.54) is 12.1 Å². The van der Waals surface area contributed by atoms with Gasteiger partial charge in [0.15, 0.2) is 11.5 Å². The molecule has 0 aromatic heterocycles. The van der Waals surface area contributed by atoms with Crippen LogP contribution in [0.25, 0.3) is 0 Å². The zero-order valence-electron chi connectivity index (χ0n) is 23.8. The van der Waals surface area contributed by atoms with Crippen LogP contribution in [0.4, 0.5) is 4.79 Å². The molecule has 1 aromatic rings. The van der Waals surface area contributed by atoms with E-state index in [2.05, 4.69) is 0 Å². The molecule has 2 unspecified atom stereocenters. The van der Waals surface area contributed by atoms with Gasteiger partial charge in [-0.05, 0) is 71.6 Å². The van der Waals surface area contributed by atoms with Crippen molar-refractivity contribution in [2.24, 2.45) is 22.5 Å². The van der Waals surface area contributed by atoms with Crippen LogP contribution >= 0.6 is 0 Å². The summed E-state index contributed by atoms with van der Waals surface area (Å²) in [5.41, 5.74) is 4.76. The Bertz CT molecular complexity index is 976. The Morgan fingerprint density at radius 1 is 0.895 bits per heavy atom. The van der Waals surface area contributed by atoms with Gasteiger partial charge in [0, 0.05) is 5.92 Å². The Hall–Kier alpha value is -3.14. The van der Waals surface area contributed by atoms with Gasteiger partial charge < -0.3 is 29.8 Å². The van der Waals surface area contributed by atoms with Crippen molar-refractivity contribution in [2.45, 2.75) is 86.6 Å². The highest BCUT2D eigenvalue weighted by Crippen LogP contribution is 2.37. The number of unbranched alkanes of at least 4 members (excludes halogenated alkanes) is 2. The SMILES string of the molecule is CCCCCOC(=O)OCC(C)C(c1ccc(OC(=O)C(C)(C)C)c(OC(=O)C(C)(C)C)c1)[C@H](N)C(=O)O. The smallest absolute Gasteiger partial charge is 0.480 e. The lowest BCUT2D eigenvalue weighted by Crippen LogP contribution is -2.40. The van der Waals surface area contributed by atoms with E-state index in [0.29, 0.717) is 5.56 Å². The highest BCUT2D eigenvalue weighted by molar-refractivity contribution is 5.81. The molecule has 38 heavy (non-hydrogen) atoms. The molecular formula is C28H43NO9. The monoisotopic (exact) mass is 537 g/mol. The molecule has 3 atom stereocenters. The number of benzene rings is 1. The number of ether oxygens (including phenoxy) is 4. The molecule has 214 valence electrons. The summed E-state index contributed by atoms with van der Waals surface area (Å²) in [6.45, 7) is 13.9. The molecule has 3 N–H and O–H groups in total. The van der Waals surface area contributed by atoms with Crippen LogP contribution in [0.5, 0.6) is 11.5 Å². The molecule has 0 saturated carbocycles. The molecule has 0 fully saturated rings. The number of carbonyl (C=O) groups excluding carboxylic acids is 3. The molecule has 0 aliphatic carbocycles. The van der Waals surface area contributed by atoms with Crippen LogP contribution in [0.15, 0.2) is 18.2 Å². The first-order chi connectivity index (χ1) is 17.5. The van der Waals surface area contributed by atoms with Gasteiger partial charge in [0.1, 0.15) is 6.04 Å². The van der Waals surface area contributed by atoms with Gasteiger partial charge in [-0.25, -0.2) is 4.79 Å². The predicted octanol–water partition coefficient (Wildman–Crippen LogP) is 5.06. The summed E-state index contributed by atoms with van der Waals surface area (Å²) < 4.78 is 21.4. The fourth-order valence-electron chi connectivity index (χ4n) is 3.30. The molecular weight excluding hydrogens is 494 g/mol. The maximum absolute atomic E-state index is 12.7. The van der Waals surface area contributed by atoms with Gasteiger partial charge in [-0.1, -0.05) is 32.8 Å². The maximum atomic E-state index is 12.7. The van der Waals surface area contributed by atoms with Crippen LogP contribution in [-0.2, 0) is 23.9 Å². The zero-order chi connectivity index (χ0) is 29.3. The summed E-state index contributed by atoms with van der Waals surface area (Å²) in [4.78, 5) is 49.0. The minimum atomic E-state index is -1.37. The lowest BCUT2D eigenvalue weighted by molar-refractivity contribution is -0.145. The number of hydrogen-bond donors (Lipinski definition) is 2. The van der Waals surface area contributed by atoms with Crippen molar-refractivity contribution in [3.63, 3.8) is 0 Å². The number of aliphatic carboxylic acids is 1. The summed E-state index contributed by atoms with van der Waals surface area (Å²) in [6, 6.07) is 3.04. The Balaban J connectivity index is 3.32. The molecule has 0 radical (unpaired) electrons. The van der Waals surface area contributed by atoms with Crippen LogP contribution in [-0.4, -0.2) is 48.4 Å². The molecule has 0 bridgehead atoms. The third-order valence-corrected chi connectivity index (χ3v) is 5.70. The van der Waals surface area contributed by atoms with Gasteiger partial charge >= 0.3 is 24.1 Å². The van der Waals surface area contributed by atoms with E-state index in [1.807, 2.05) is 6.92 Å².